The Morgan fingerprint density at radius 2 is 2.25 bits per heavy atom. The van der Waals surface area contributed by atoms with Crippen molar-refractivity contribution in [3.8, 4) is 0 Å². The summed E-state index contributed by atoms with van der Waals surface area (Å²) < 4.78 is 23.5. The van der Waals surface area contributed by atoms with E-state index >= 15 is 0 Å². The van der Waals surface area contributed by atoms with Gasteiger partial charge in [0.05, 0.1) is 5.69 Å². The Balaban J connectivity index is 0.00000128. The summed E-state index contributed by atoms with van der Waals surface area (Å²) >= 11 is -2.26. The molecule has 0 saturated carbocycles. The van der Waals surface area contributed by atoms with E-state index in [0.29, 0.717) is 5.69 Å². The molecule has 0 bridgehead atoms. The van der Waals surface area contributed by atoms with Gasteiger partial charge in [-0.05, 0) is 37.0 Å². The molecule has 1 aromatic carbocycles. The van der Waals surface area contributed by atoms with Gasteiger partial charge in [-0.15, -0.1) is 0 Å². The van der Waals surface area contributed by atoms with Gasteiger partial charge in [0, 0.05) is 23.5 Å². The van der Waals surface area contributed by atoms with Crippen LogP contribution in [-0.2, 0) is 50.4 Å². The standard InChI is InChI=1S/C10H14N2O2S.Y/c1-7-5-8-3-2-4-11-10(8)6-9(7)12-15(13)14;/h5-6,11-12H,2-4H2,1H3,(H,13,14);/q;+3/p-1. The smallest absolute Gasteiger partial charge is 0.755 e. The summed E-state index contributed by atoms with van der Waals surface area (Å²) in [6.07, 6.45) is 2.19. The van der Waals surface area contributed by atoms with Crippen LogP contribution < -0.4 is 10.0 Å². The molecular formula is C10H13N2O2SY+2. The monoisotopic (exact) mass is 314 g/mol. The summed E-state index contributed by atoms with van der Waals surface area (Å²) in [4.78, 5) is 0. The van der Waals surface area contributed by atoms with E-state index in [0.717, 1.165) is 30.6 Å². The molecule has 1 aromatic rings. The minimum Gasteiger partial charge on any atom is -0.755 e. The van der Waals surface area contributed by atoms with Crippen molar-refractivity contribution < 1.29 is 41.5 Å². The largest absolute Gasteiger partial charge is 3.00 e. The SMILES string of the molecule is Cc1cc2c(cc1NS(=O)[O-])NCCC2.[Y+3]. The van der Waals surface area contributed by atoms with Gasteiger partial charge in [-0.3, -0.25) is 4.21 Å². The van der Waals surface area contributed by atoms with Crippen LogP contribution in [0.3, 0.4) is 0 Å². The maximum absolute atomic E-state index is 10.6. The summed E-state index contributed by atoms with van der Waals surface area (Å²) in [5, 5.41) is 3.26. The fourth-order valence-electron chi connectivity index (χ4n) is 1.84. The second kappa shape index (κ2) is 6.10. The molecule has 0 radical (unpaired) electrons. The molecule has 0 amide bonds. The van der Waals surface area contributed by atoms with Crippen molar-refractivity contribution in [2.75, 3.05) is 16.6 Å². The maximum Gasteiger partial charge on any atom is 3.00 e. The first-order valence-corrected chi connectivity index (χ1v) is 5.97. The van der Waals surface area contributed by atoms with Crippen molar-refractivity contribution in [3.05, 3.63) is 23.3 Å². The fourth-order valence-corrected chi connectivity index (χ4v) is 2.24. The van der Waals surface area contributed by atoms with Crippen LogP contribution in [0.25, 0.3) is 0 Å². The number of anilines is 2. The summed E-state index contributed by atoms with van der Waals surface area (Å²) in [6, 6.07) is 3.90. The van der Waals surface area contributed by atoms with Gasteiger partial charge in [-0.1, -0.05) is 6.07 Å². The fraction of sp³-hybridized carbons (Fsp3) is 0.400. The van der Waals surface area contributed by atoms with E-state index in [9.17, 15) is 8.76 Å². The molecule has 0 aromatic heterocycles. The number of benzene rings is 1. The van der Waals surface area contributed by atoms with Crippen LogP contribution in [0.1, 0.15) is 17.5 Å². The maximum atomic E-state index is 10.6. The minimum atomic E-state index is -2.26. The molecule has 0 saturated heterocycles. The van der Waals surface area contributed by atoms with E-state index in [1.165, 1.54) is 5.56 Å². The number of fused-ring (bicyclic) bond motifs is 1. The topological polar surface area (TPSA) is 64.2 Å². The Morgan fingerprint density at radius 3 is 2.94 bits per heavy atom. The van der Waals surface area contributed by atoms with Gasteiger partial charge < -0.3 is 14.6 Å². The molecule has 82 valence electrons. The third-order valence-electron chi connectivity index (χ3n) is 2.58. The Morgan fingerprint density at radius 1 is 1.50 bits per heavy atom. The van der Waals surface area contributed by atoms with Crippen molar-refractivity contribution in [3.63, 3.8) is 0 Å². The molecule has 4 nitrogen and oxygen atoms in total. The molecule has 0 aliphatic carbocycles. The number of nitrogens with one attached hydrogen (secondary N) is 2. The third-order valence-corrected chi connectivity index (χ3v) is 2.97. The first-order valence-electron chi connectivity index (χ1n) is 4.90. The molecule has 0 spiro atoms. The molecule has 1 unspecified atom stereocenters. The summed E-state index contributed by atoms with van der Waals surface area (Å²) in [5.74, 6) is 0. The average Bonchev–Trinajstić information content (AvgIpc) is 2.18. The van der Waals surface area contributed by atoms with Crippen LogP contribution in [0.5, 0.6) is 0 Å². The van der Waals surface area contributed by atoms with E-state index in [1.807, 2.05) is 19.1 Å². The quantitative estimate of drug-likeness (QED) is 0.814. The van der Waals surface area contributed by atoms with E-state index in [1.54, 1.807) is 0 Å². The van der Waals surface area contributed by atoms with Crippen LogP contribution in [0.2, 0.25) is 0 Å². The van der Waals surface area contributed by atoms with Crippen LogP contribution >= 0.6 is 0 Å². The van der Waals surface area contributed by atoms with Crippen molar-refractivity contribution >= 4 is 22.6 Å². The average molecular weight is 314 g/mol. The zero-order valence-electron chi connectivity index (χ0n) is 9.08. The summed E-state index contributed by atoms with van der Waals surface area (Å²) in [5.41, 5.74) is 3.92. The Labute approximate surface area is 123 Å². The summed E-state index contributed by atoms with van der Waals surface area (Å²) in [7, 11) is 0. The van der Waals surface area contributed by atoms with E-state index in [-0.39, 0.29) is 32.7 Å². The van der Waals surface area contributed by atoms with Crippen LogP contribution in [0.4, 0.5) is 11.4 Å². The Hall–Kier alpha value is 0.0339. The van der Waals surface area contributed by atoms with Gasteiger partial charge in [0.1, 0.15) is 0 Å². The third kappa shape index (κ3) is 3.26. The second-order valence-electron chi connectivity index (χ2n) is 3.69. The molecular weight excluding hydrogens is 301 g/mol. The number of hydrogen-bond acceptors (Lipinski definition) is 3. The molecule has 2 N–H and O–H groups in total. The zero-order valence-corrected chi connectivity index (χ0v) is 12.7. The molecule has 1 aliphatic heterocycles. The normalized spacial score (nSPS) is 15.4. The molecule has 1 atom stereocenters. The van der Waals surface area contributed by atoms with E-state index in [2.05, 4.69) is 10.0 Å². The first-order chi connectivity index (χ1) is 7.16. The Kier molecular flexibility index (Phi) is 5.37. The van der Waals surface area contributed by atoms with Gasteiger partial charge in [0.25, 0.3) is 0 Å². The van der Waals surface area contributed by atoms with E-state index in [4.69, 9.17) is 0 Å². The predicted octanol–water partition coefficient (Wildman–Crippen LogP) is 1.56. The van der Waals surface area contributed by atoms with Crippen molar-refractivity contribution in [2.24, 2.45) is 0 Å². The number of hydrogen-bond donors (Lipinski definition) is 2. The number of aryl methyl sites for hydroxylation is 2. The first kappa shape index (κ1) is 14.1. The molecule has 1 aliphatic rings. The summed E-state index contributed by atoms with van der Waals surface area (Å²) in [6.45, 7) is 2.86. The van der Waals surface area contributed by atoms with Crippen molar-refractivity contribution in [1.82, 2.24) is 0 Å². The molecule has 16 heavy (non-hydrogen) atoms. The van der Waals surface area contributed by atoms with Crippen molar-refractivity contribution in [2.45, 2.75) is 19.8 Å². The molecule has 2 rings (SSSR count). The number of rotatable bonds is 2. The minimum absolute atomic E-state index is 0. The van der Waals surface area contributed by atoms with E-state index < -0.39 is 11.3 Å². The van der Waals surface area contributed by atoms with Gasteiger partial charge in [-0.2, -0.15) is 0 Å². The van der Waals surface area contributed by atoms with Crippen molar-refractivity contribution in [1.29, 1.82) is 0 Å². The van der Waals surface area contributed by atoms with Gasteiger partial charge in [0.2, 0.25) is 0 Å². The van der Waals surface area contributed by atoms with Crippen LogP contribution in [-0.4, -0.2) is 15.3 Å². The zero-order chi connectivity index (χ0) is 10.8. The second-order valence-corrected chi connectivity index (χ2v) is 4.36. The van der Waals surface area contributed by atoms with Crippen LogP contribution in [0, 0.1) is 6.92 Å². The van der Waals surface area contributed by atoms with Gasteiger partial charge in [0.15, 0.2) is 0 Å². The molecule has 0 fully saturated rings. The van der Waals surface area contributed by atoms with Gasteiger partial charge in [-0.25, -0.2) is 0 Å². The molecule has 6 heteroatoms. The van der Waals surface area contributed by atoms with Crippen LogP contribution in [0.15, 0.2) is 12.1 Å². The Bertz CT molecular complexity index is 412. The van der Waals surface area contributed by atoms with Gasteiger partial charge >= 0.3 is 32.7 Å². The predicted molar refractivity (Wildman–Crippen MR) is 60.5 cm³/mol. The molecule has 1 heterocycles.